The SMILES string of the molecule is N#CCC1CC(CC#N)(CC#N)C1. The highest BCUT2D eigenvalue weighted by atomic mass is 14.5. The lowest BCUT2D eigenvalue weighted by Gasteiger charge is -2.44. The molecule has 0 radical (unpaired) electrons. The van der Waals surface area contributed by atoms with Crippen molar-refractivity contribution in [2.45, 2.75) is 32.1 Å². The molecule has 1 fully saturated rings. The monoisotopic (exact) mass is 173 g/mol. The Bertz CT molecular complexity index is 276. The van der Waals surface area contributed by atoms with Gasteiger partial charge >= 0.3 is 0 Å². The molecule has 0 aromatic carbocycles. The van der Waals surface area contributed by atoms with E-state index in [9.17, 15) is 0 Å². The van der Waals surface area contributed by atoms with Gasteiger partial charge in [0.15, 0.2) is 0 Å². The lowest BCUT2D eigenvalue weighted by molar-refractivity contribution is 0.0673. The van der Waals surface area contributed by atoms with Gasteiger partial charge in [-0.2, -0.15) is 15.8 Å². The average molecular weight is 173 g/mol. The Balaban J connectivity index is 2.45. The molecule has 13 heavy (non-hydrogen) atoms. The topological polar surface area (TPSA) is 71.4 Å². The van der Waals surface area contributed by atoms with Gasteiger partial charge in [0.05, 0.1) is 18.2 Å². The van der Waals surface area contributed by atoms with Crippen LogP contribution in [-0.2, 0) is 0 Å². The first-order valence-electron chi connectivity index (χ1n) is 4.37. The largest absolute Gasteiger partial charge is 0.198 e. The van der Waals surface area contributed by atoms with Crippen molar-refractivity contribution in [2.75, 3.05) is 0 Å². The van der Waals surface area contributed by atoms with Crippen LogP contribution in [-0.4, -0.2) is 0 Å². The number of hydrogen-bond donors (Lipinski definition) is 0. The Morgan fingerprint density at radius 1 is 1.00 bits per heavy atom. The molecule has 1 aliphatic rings. The summed E-state index contributed by atoms with van der Waals surface area (Å²) in [6.45, 7) is 0. The second kappa shape index (κ2) is 3.92. The van der Waals surface area contributed by atoms with Gasteiger partial charge in [0.2, 0.25) is 0 Å². The summed E-state index contributed by atoms with van der Waals surface area (Å²) in [5.74, 6) is 0.423. The molecule has 0 saturated heterocycles. The van der Waals surface area contributed by atoms with Crippen LogP contribution in [0.25, 0.3) is 0 Å². The van der Waals surface area contributed by atoms with Crippen LogP contribution in [0.2, 0.25) is 0 Å². The van der Waals surface area contributed by atoms with Crippen molar-refractivity contribution < 1.29 is 0 Å². The fourth-order valence-corrected chi connectivity index (χ4v) is 2.12. The van der Waals surface area contributed by atoms with E-state index >= 15 is 0 Å². The van der Waals surface area contributed by atoms with Gasteiger partial charge in [-0.3, -0.25) is 0 Å². The van der Waals surface area contributed by atoms with Crippen LogP contribution in [0.1, 0.15) is 32.1 Å². The zero-order valence-electron chi connectivity index (χ0n) is 7.45. The first-order valence-corrected chi connectivity index (χ1v) is 4.37. The Morgan fingerprint density at radius 2 is 1.54 bits per heavy atom. The molecule has 0 aromatic heterocycles. The van der Waals surface area contributed by atoms with Crippen LogP contribution in [0.4, 0.5) is 0 Å². The fraction of sp³-hybridized carbons (Fsp3) is 0.700. The van der Waals surface area contributed by atoms with Crippen molar-refractivity contribution in [3.8, 4) is 18.2 Å². The Hall–Kier alpha value is -1.53. The third-order valence-electron chi connectivity index (χ3n) is 2.73. The number of nitrogens with zero attached hydrogens (tertiary/aromatic N) is 3. The van der Waals surface area contributed by atoms with Crippen LogP contribution in [0, 0.1) is 45.3 Å². The summed E-state index contributed by atoms with van der Waals surface area (Å²) in [6, 6.07) is 6.37. The molecule has 0 unspecified atom stereocenters. The molecule has 0 spiro atoms. The van der Waals surface area contributed by atoms with E-state index in [1.54, 1.807) is 0 Å². The van der Waals surface area contributed by atoms with Gasteiger partial charge in [-0.25, -0.2) is 0 Å². The Labute approximate surface area is 78.2 Å². The molecule has 66 valence electrons. The van der Waals surface area contributed by atoms with Gasteiger partial charge in [-0.1, -0.05) is 0 Å². The predicted molar refractivity (Wildman–Crippen MR) is 45.8 cm³/mol. The summed E-state index contributed by atoms with van der Waals surface area (Å²) in [4.78, 5) is 0. The summed E-state index contributed by atoms with van der Waals surface area (Å²) >= 11 is 0. The van der Waals surface area contributed by atoms with E-state index in [0.717, 1.165) is 12.8 Å². The van der Waals surface area contributed by atoms with E-state index in [2.05, 4.69) is 18.2 Å². The van der Waals surface area contributed by atoms with Crippen LogP contribution in [0.5, 0.6) is 0 Å². The normalized spacial score (nSPS) is 19.2. The predicted octanol–water partition coefficient (Wildman–Crippen LogP) is 2.12. The Kier molecular flexibility index (Phi) is 2.88. The van der Waals surface area contributed by atoms with Gasteiger partial charge in [0, 0.05) is 19.3 Å². The lowest BCUT2D eigenvalue weighted by Crippen LogP contribution is -2.36. The summed E-state index contributed by atoms with van der Waals surface area (Å²) in [6.07, 6.45) is 3.24. The molecule has 0 aromatic rings. The van der Waals surface area contributed by atoms with Crippen molar-refractivity contribution in [2.24, 2.45) is 11.3 Å². The maximum absolute atomic E-state index is 8.59. The lowest BCUT2D eigenvalue weighted by atomic mass is 9.58. The molecule has 0 aliphatic heterocycles. The number of nitriles is 3. The summed E-state index contributed by atoms with van der Waals surface area (Å²) in [7, 11) is 0. The molecule has 1 rings (SSSR count). The maximum atomic E-state index is 8.59. The molecule has 1 saturated carbocycles. The van der Waals surface area contributed by atoms with Crippen molar-refractivity contribution in [1.82, 2.24) is 0 Å². The summed E-state index contributed by atoms with van der Waals surface area (Å²) < 4.78 is 0. The van der Waals surface area contributed by atoms with E-state index in [4.69, 9.17) is 15.8 Å². The molecule has 0 bridgehead atoms. The molecule has 0 atom stereocenters. The fourth-order valence-electron chi connectivity index (χ4n) is 2.12. The van der Waals surface area contributed by atoms with Gasteiger partial charge in [0.25, 0.3) is 0 Å². The smallest absolute Gasteiger partial charge is 0.0627 e. The van der Waals surface area contributed by atoms with Crippen LogP contribution >= 0.6 is 0 Å². The van der Waals surface area contributed by atoms with Crippen molar-refractivity contribution in [3.05, 3.63) is 0 Å². The first kappa shape index (κ1) is 9.56. The third-order valence-corrected chi connectivity index (χ3v) is 2.73. The molecule has 3 nitrogen and oxygen atoms in total. The zero-order chi connectivity index (χ0) is 9.73. The highest BCUT2D eigenvalue weighted by Crippen LogP contribution is 2.51. The molecule has 1 aliphatic carbocycles. The first-order chi connectivity index (χ1) is 6.26. The van der Waals surface area contributed by atoms with Crippen LogP contribution in [0.3, 0.4) is 0 Å². The number of rotatable bonds is 3. The highest BCUT2D eigenvalue weighted by molar-refractivity contribution is 5.04. The van der Waals surface area contributed by atoms with Gasteiger partial charge < -0.3 is 0 Å². The van der Waals surface area contributed by atoms with Gasteiger partial charge in [0.1, 0.15) is 0 Å². The van der Waals surface area contributed by atoms with Crippen molar-refractivity contribution in [1.29, 1.82) is 15.8 Å². The highest BCUT2D eigenvalue weighted by Gasteiger charge is 2.43. The van der Waals surface area contributed by atoms with Crippen LogP contribution < -0.4 is 0 Å². The van der Waals surface area contributed by atoms with E-state index in [0.29, 0.717) is 25.2 Å². The zero-order valence-corrected chi connectivity index (χ0v) is 7.45. The van der Waals surface area contributed by atoms with E-state index < -0.39 is 0 Å². The quantitative estimate of drug-likeness (QED) is 0.656. The molecular weight excluding hydrogens is 162 g/mol. The second-order valence-electron chi connectivity index (χ2n) is 3.81. The van der Waals surface area contributed by atoms with Crippen molar-refractivity contribution in [3.63, 3.8) is 0 Å². The van der Waals surface area contributed by atoms with Crippen molar-refractivity contribution >= 4 is 0 Å². The minimum Gasteiger partial charge on any atom is -0.198 e. The molecule has 3 heteroatoms. The Morgan fingerprint density at radius 3 is 1.92 bits per heavy atom. The van der Waals surface area contributed by atoms with E-state index in [-0.39, 0.29) is 5.41 Å². The van der Waals surface area contributed by atoms with E-state index in [1.165, 1.54) is 0 Å². The van der Waals surface area contributed by atoms with Gasteiger partial charge in [-0.15, -0.1) is 0 Å². The van der Waals surface area contributed by atoms with Gasteiger partial charge in [-0.05, 0) is 24.2 Å². The molecule has 0 amide bonds. The maximum Gasteiger partial charge on any atom is 0.0627 e. The summed E-state index contributed by atoms with van der Waals surface area (Å²) in [5, 5.41) is 25.6. The standard InChI is InChI=1S/C10H11N3/c11-4-1-9-7-10(8-9,2-5-12)3-6-13/h9H,1-3,7-8H2. The minimum absolute atomic E-state index is 0.0784. The number of hydrogen-bond acceptors (Lipinski definition) is 3. The second-order valence-corrected chi connectivity index (χ2v) is 3.81. The third kappa shape index (κ3) is 1.98. The average Bonchev–Trinajstić information content (AvgIpc) is 2.03. The molecule has 0 heterocycles. The van der Waals surface area contributed by atoms with E-state index in [1.807, 2.05) is 0 Å². The van der Waals surface area contributed by atoms with Crippen LogP contribution in [0.15, 0.2) is 0 Å². The molecular formula is C10H11N3. The summed E-state index contributed by atoms with van der Waals surface area (Å²) in [5.41, 5.74) is -0.0784. The minimum atomic E-state index is -0.0784. The molecule has 0 N–H and O–H groups in total.